The van der Waals surface area contributed by atoms with Crippen molar-refractivity contribution in [3.05, 3.63) is 23.8 Å². The van der Waals surface area contributed by atoms with E-state index in [1.165, 1.54) is 11.8 Å². The zero-order valence-electron chi connectivity index (χ0n) is 17.9. The van der Waals surface area contributed by atoms with Gasteiger partial charge in [-0.05, 0) is 51.0 Å². The number of aliphatic imine (C=N–C) groups is 1. The van der Waals surface area contributed by atoms with E-state index in [0.717, 1.165) is 36.4 Å². The van der Waals surface area contributed by atoms with Gasteiger partial charge in [0.15, 0.2) is 15.0 Å². The fourth-order valence-corrected chi connectivity index (χ4v) is 7.83. The number of anilines is 2. The van der Waals surface area contributed by atoms with E-state index in [4.69, 9.17) is 0 Å². The number of rotatable bonds is 6. The van der Waals surface area contributed by atoms with Crippen LogP contribution in [0.1, 0.15) is 39.7 Å². The van der Waals surface area contributed by atoms with Crippen molar-refractivity contribution in [1.82, 2.24) is 0 Å². The van der Waals surface area contributed by atoms with Crippen molar-refractivity contribution in [2.75, 3.05) is 34.4 Å². The van der Waals surface area contributed by atoms with Crippen LogP contribution in [-0.2, 0) is 14.6 Å². The standard InChI is InChI=1S/C21H31N3O3S2/c1-6-14(4)20(25)22-21-24(18-12-29(26,27)13-19(18)28-21)17-10-9-16(11-15(17)5)23(7-2)8-3/h9-11,14,18-19H,6-8,12-13H2,1-5H3/t14-,18+,19+/m0/s1. The van der Waals surface area contributed by atoms with Gasteiger partial charge in [0.1, 0.15) is 0 Å². The fraction of sp³-hybridized carbons (Fsp3) is 0.619. The third-order valence-electron chi connectivity index (χ3n) is 5.87. The first-order valence-corrected chi connectivity index (χ1v) is 13.0. The SMILES string of the molecule is CC[C@H](C)C(=O)N=C1S[C@@H]2CS(=O)(=O)C[C@H]2N1c1ccc(N(CC)CC)cc1C. The lowest BCUT2D eigenvalue weighted by molar-refractivity contribution is -0.121. The number of aryl methyl sites for hydroxylation is 1. The molecule has 2 saturated heterocycles. The molecule has 6 nitrogen and oxygen atoms in total. The van der Waals surface area contributed by atoms with Gasteiger partial charge in [0.25, 0.3) is 5.91 Å². The molecule has 0 unspecified atom stereocenters. The van der Waals surface area contributed by atoms with Crippen LogP contribution in [0.15, 0.2) is 23.2 Å². The van der Waals surface area contributed by atoms with E-state index >= 15 is 0 Å². The van der Waals surface area contributed by atoms with Gasteiger partial charge in [-0.1, -0.05) is 25.6 Å². The zero-order chi connectivity index (χ0) is 21.3. The van der Waals surface area contributed by atoms with Gasteiger partial charge in [-0.15, -0.1) is 0 Å². The molecule has 8 heteroatoms. The predicted molar refractivity (Wildman–Crippen MR) is 123 cm³/mol. The van der Waals surface area contributed by atoms with E-state index in [-0.39, 0.29) is 34.6 Å². The van der Waals surface area contributed by atoms with Crippen molar-refractivity contribution in [3.8, 4) is 0 Å². The number of thioether (sulfide) groups is 1. The fourth-order valence-electron chi connectivity index (χ4n) is 3.92. The Morgan fingerprint density at radius 2 is 1.97 bits per heavy atom. The van der Waals surface area contributed by atoms with Crippen molar-refractivity contribution in [2.45, 2.75) is 52.3 Å². The third-order valence-corrected chi connectivity index (χ3v) is 9.08. The van der Waals surface area contributed by atoms with Crippen molar-refractivity contribution in [2.24, 2.45) is 10.9 Å². The van der Waals surface area contributed by atoms with Crippen LogP contribution in [0.4, 0.5) is 11.4 Å². The van der Waals surface area contributed by atoms with E-state index in [1.54, 1.807) is 0 Å². The molecular formula is C21H31N3O3S2. The Balaban J connectivity index is 2.02. The number of nitrogens with zero attached hydrogens (tertiary/aromatic N) is 3. The summed E-state index contributed by atoms with van der Waals surface area (Å²) in [7, 11) is -3.07. The molecule has 2 heterocycles. The minimum Gasteiger partial charge on any atom is -0.372 e. The maximum Gasteiger partial charge on any atom is 0.250 e. The Morgan fingerprint density at radius 3 is 2.55 bits per heavy atom. The van der Waals surface area contributed by atoms with E-state index in [0.29, 0.717) is 5.17 Å². The first kappa shape index (κ1) is 22.2. The summed E-state index contributed by atoms with van der Waals surface area (Å²) in [6, 6.07) is 6.08. The highest BCUT2D eigenvalue weighted by Gasteiger charge is 2.49. The number of sulfone groups is 1. The summed E-state index contributed by atoms with van der Waals surface area (Å²) in [5.74, 6) is -0.0229. The van der Waals surface area contributed by atoms with Gasteiger partial charge in [-0.25, -0.2) is 8.42 Å². The largest absolute Gasteiger partial charge is 0.372 e. The Bertz CT molecular complexity index is 910. The van der Waals surface area contributed by atoms with Gasteiger partial charge >= 0.3 is 0 Å². The highest BCUT2D eigenvalue weighted by molar-refractivity contribution is 8.16. The topological polar surface area (TPSA) is 70.0 Å². The number of carbonyl (C=O) groups is 1. The molecule has 3 atom stereocenters. The van der Waals surface area contributed by atoms with Crippen LogP contribution in [0.2, 0.25) is 0 Å². The number of benzene rings is 1. The first-order valence-electron chi connectivity index (χ1n) is 10.3. The molecule has 0 saturated carbocycles. The number of hydrogen-bond donors (Lipinski definition) is 0. The van der Waals surface area contributed by atoms with E-state index in [9.17, 15) is 13.2 Å². The second-order valence-corrected chi connectivity index (χ2v) is 11.2. The molecule has 0 bridgehead atoms. The molecule has 1 aromatic carbocycles. The summed E-state index contributed by atoms with van der Waals surface area (Å²) in [6.45, 7) is 12.0. The quantitative estimate of drug-likeness (QED) is 0.679. The van der Waals surface area contributed by atoms with Crippen molar-refractivity contribution >= 4 is 44.0 Å². The van der Waals surface area contributed by atoms with Crippen LogP contribution in [0.3, 0.4) is 0 Å². The van der Waals surface area contributed by atoms with Crippen LogP contribution in [0, 0.1) is 12.8 Å². The van der Waals surface area contributed by atoms with Gasteiger partial charge < -0.3 is 9.80 Å². The van der Waals surface area contributed by atoms with Crippen molar-refractivity contribution in [1.29, 1.82) is 0 Å². The molecule has 0 spiro atoms. The van der Waals surface area contributed by atoms with E-state index in [1.807, 2.05) is 31.7 Å². The molecular weight excluding hydrogens is 406 g/mol. The molecule has 2 aliphatic heterocycles. The lowest BCUT2D eigenvalue weighted by Gasteiger charge is -2.28. The molecule has 160 valence electrons. The smallest absolute Gasteiger partial charge is 0.250 e. The molecule has 1 amide bonds. The molecule has 3 rings (SSSR count). The molecule has 1 aromatic rings. The third kappa shape index (κ3) is 4.48. The summed E-state index contributed by atoms with van der Waals surface area (Å²) in [6.07, 6.45) is 0.735. The van der Waals surface area contributed by atoms with Crippen molar-refractivity contribution in [3.63, 3.8) is 0 Å². The second kappa shape index (κ2) is 8.68. The lowest BCUT2D eigenvalue weighted by Crippen LogP contribution is -2.38. The minimum atomic E-state index is -3.07. The van der Waals surface area contributed by atoms with Gasteiger partial charge in [0, 0.05) is 35.6 Å². The highest BCUT2D eigenvalue weighted by Crippen LogP contribution is 2.42. The summed E-state index contributed by atoms with van der Waals surface area (Å²) in [5, 5.41) is 0.559. The number of fused-ring (bicyclic) bond motifs is 1. The van der Waals surface area contributed by atoms with Crippen molar-refractivity contribution < 1.29 is 13.2 Å². The Labute approximate surface area is 178 Å². The molecule has 29 heavy (non-hydrogen) atoms. The number of amidine groups is 1. The maximum atomic E-state index is 12.5. The van der Waals surface area contributed by atoms with E-state index in [2.05, 4.69) is 35.9 Å². The lowest BCUT2D eigenvalue weighted by atomic mass is 10.1. The maximum absolute atomic E-state index is 12.5. The molecule has 0 N–H and O–H groups in total. The monoisotopic (exact) mass is 437 g/mol. The normalized spacial score (nSPS) is 25.3. The van der Waals surface area contributed by atoms with Gasteiger partial charge in [-0.2, -0.15) is 4.99 Å². The molecule has 2 aliphatic rings. The number of carbonyl (C=O) groups excluding carboxylic acids is 1. The van der Waals surface area contributed by atoms with Crippen LogP contribution >= 0.6 is 11.8 Å². The molecule has 0 aromatic heterocycles. The highest BCUT2D eigenvalue weighted by atomic mass is 32.2. The average Bonchev–Trinajstić information content (AvgIpc) is 3.13. The number of hydrogen-bond acceptors (Lipinski definition) is 5. The van der Waals surface area contributed by atoms with Crippen LogP contribution in [-0.4, -0.2) is 55.4 Å². The molecule has 0 radical (unpaired) electrons. The van der Waals surface area contributed by atoms with Crippen LogP contribution < -0.4 is 9.80 Å². The van der Waals surface area contributed by atoms with Crippen LogP contribution in [0.5, 0.6) is 0 Å². The Morgan fingerprint density at radius 1 is 1.28 bits per heavy atom. The summed E-state index contributed by atoms with van der Waals surface area (Å²) < 4.78 is 24.5. The Hall–Kier alpha value is -1.54. The first-order chi connectivity index (χ1) is 13.7. The van der Waals surface area contributed by atoms with Crippen LogP contribution in [0.25, 0.3) is 0 Å². The summed E-state index contributed by atoms with van der Waals surface area (Å²) >= 11 is 1.44. The predicted octanol–water partition coefficient (Wildman–Crippen LogP) is 3.49. The average molecular weight is 438 g/mol. The van der Waals surface area contributed by atoms with Gasteiger partial charge in [0.2, 0.25) is 0 Å². The van der Waals surface area contributed by atoms with Gasteiger partial charge in [0.05, 0.1) is 17.5 Å². The zero-order valence-corrected chi connectivity index (χ0v) is 19.5. The summed E-state index contributed by atoms with van der Waals surface area (Å²) in [4.78, 5) is 21.2. The second-order valence-electron chi connectivity index (χ2n) is 7.86. The Kier molecular flexibility index (Phi) is 6.63. The summed E-state index contributed by atoms with van der Waals surface area (Å²) in [5.41, 5.74) is 3.14. The van der Waals surface area contributed by atoms with Gasteiger partial charge in [-0.3, -0.25) is 4.79 Å². The molecule has 0 aliphatic carbocycles. The minimum absolute atomic E-state index is 0.0784. The number of amides is 1. The van der Waals surface area contributed by atoms with E-state index < -0.39 is 9.84 Å². The molecule has 2 fully saturated rings.